The van der Waals surface area contributed by atoms with E-state index >= 15 is 0 Å². The molecule has 1 aliphatic heterocycles. The Hall–Kier alpha value is -0.620. The van der Waals surface area contributed by atoms with Crippen LogP contribution in [-0.4, -0.2) is 35.8 Å². The maximum atomic E-state index is 11.0. The lowest BCUT2D eigenvalue weighted by molar-refractivity contribution is -0.191. The smallest absolute Gasteiger partial charge is 0.303 e. The highest BCUT2D eigenvalue weighted by molar-refractivity contribution is 9.09. The number of hydrogen-bond acceptors (Lipinski definition) is 5. The second kappa shape index (κ2) is 5.63. The van der Waals surface area contributed by atoms with Gasteiger partial charge in [-0.15, -0.1) is 0 Å². The monoisotopic (exact) mass is 294 g/mol. The quantitative estimate of drug-likeness (QED) is 0.566. The first kappa shape index (κ1) is 13.4. The number of rotatable bonds is 2. The lowest BCUT2D eigenvalue weighted by atomic mass is 9.98. The maximum Gasteiger partial charge on any atom is 0.303 e. The van der Waals surface area contributed by atoms with E-state index in [4.69, 9.17) is 14.2 Å². The van der Waals surface area contributed by atoms with Gasteiger partial charge in [0.05, 0.1) is 6.61 Å². The van der Waals surface area contributed by atoms with Crippen molar-refractivity contribution in [2.75, 3.05) is 6.61 Å². The van der Waals surface area contributed by atoms with Gasteiger partial charge < -0.3 is 14.2 Å². The summed E-state index contributed by atoms with van der Waals surface area (Å²) in [5.74, 6) is -0.832. The molecule has 0 amide bonds. The minimum absolute atomic E-state index is 0.0120. The first-order chi connectivity index (χ1) is 7.41. The zero-order valence-electron chi connectivity index (χ0n) is 9.44. The van der Waals surface area contributed by atoms with E-state index in [2.05, 4.69) is 15.9 Å². The summed E-state index contributed by atoms with van der Waals surface area (Å²) in [6, 6.07) is 0. The fourth-order valence-corrected chi connectivity index (χ4v) is 2.15. The summed E-state index contributed by atoms with van der Waals surface area (Å²) < 4.78 is 15.6. The molecule has 1 rings (SSSR count). The fourth-order valence-electron chi connectivity index (χ4n) is 1.59. The number of carbonyl (C=O) groups is 2. The van der Waals surface area contributed by atoms with Gasteiger partial charge >= 0.3 is 11.9 Å². The van der Waals surface area contributed by atoms with Crippen LogP contribution in [0.1, 0.15) is 20.8 Å². The molecule has 0 saturated carbocycles. The van der Waals surface area contributed by atoms with E-state index in [1.807, 2.05) is 6.92 Å². The van der Waals surface area contributed by atoms with Crippen LogP contribution < -0.4 is 0 Å². The van der Waals surface area contributed by atoms with Crippen LogP contribution in [0.2, 0.25) is 0 Å². The molecule has 0 aromatic carbocycles. The van der Waals surface area contributed by atoms with Crippen LogP contribution in [0.4, 0.5) is 0 Å². The Labute approximate surface area is 103 Å². The van der Waals surface area contributed by atoms with E-state index in [1.54, 1.807) is 0 Å². The van der Waals surface area contributed by atoms with Gasteiger partial charge in [-0.1, -0.05) is 22.9 Å². The van der Waals surface area contributed by atoms with Gasteiger partial charge in [0.1, 0.15) is 6.10 Å². The van der Waals surface area contributed by atoms with Crippen molar-refractivity contribution in [2.24, 2.45) is 5.92 Å². The standard InChI is InChI=1S/C10H15BrO5/c1-5-4-14-10(11)9(16-7(3)13)8(5)15-6(2)12/h5,8-10H,4H2,1-3H3/t5-,8-,9+,10+/m0/s1. The van der Waals surface area contributed by atoms with E-state index < -0.39 is 29.2 Å². The van der Waals surface area contributed by atoms with Crippen molar-refractivity contribution in [2.45, 2.75) is 38.0 Å². The van der Waals surface area contributed by atoms with Crippen molar-refractivity contribution in [1.82, 2.24) is 0 Å². The Balaban J connectivity index is 2.76. The van der Waals surface area contributed by atoms with Crippen LogP contribution in [0.5, 0.6) is 0 Å². The van der Waals surface area contributed by atoms with Crippen LogP contribution in [0.25, 0.3) is 0 Å². The van der Waals surface area contributed by atoms with Crippen LogP contribution >= 0.6 is 15.9 Å². The van der Waals surface area contributed by atoms with Crippen LogP contribution in [0, 0.1) is 5.92 Å². The molecule has 5 nitrogen and oxygen atoms in total. The van der Waals surface area contributed by atoms with Crippen molar-refractivity contribution in [1.29, 1.82) is 0 Å². The summed E-state index contributed by atoms with van der Waals surface area (Å²) in [4.78, 5) is 21.9. The third-order valence-electron chi connectivity index (χ3n) is 2.27. The normalized spacial score (nSPS) is 34.2. The Morgan fingerprint density at radius 2 is 1.69 bits per heavy atom. The zero-order chi connectivity index (χ0) is 12.3. The number of alkyl halides is 1. The second-order valence-electron chi connectivity index (χ2n) is 3.81. The van der Waals surface area contributed by atoms with Crippen LogP contribution in [0.3, 0.4) is 0 Å². The van der Waals surface area contributed by atoms with E-state index in [1.165, 1.54) is 13.8 Å². The highest BCUT2D eigenvalue weighted by Crippen LogP contribution is 2.28. The second-order valence-corrected chi connectivity index (χ2v) is 4.71. The van der Waals surface area contributed by atoms with Gasteiger partial charge in [0.2, 0.25) is 0 Å². The maximum absolute atomic E-state index is 11.0. The molecule has 0 aliphatic carbocycles. The molecule has 0 aromatic heterocycles. The molecule has 0 bridgehead atoms. The number of ether oxygens (including phenoxy) is 3. The van der Waals surface area contributed by atoms with E-state index in [0.29, 0.717) is 6.61 Å². The summed E-state index contributed by atoms with van der Waals surface area (Å²) in [5, 5.41) is -0.447. The summed E-state index contributed by atoms with van der Waals surface area (Å²) in [6.45, 7) is 4.97. The molecule has 1 saturated heterocycles. The molecule has 92 valence electrons. The van der Waals surface area contributed by atoms with Crippen molar-refractivity contribution < 1.29 is 23.8 Å². The van der Waals surface area contributed by atoms with Gasteiger partial charge in [0, 0.05) is 19.8 Å². The highest BCUT2D eigenvalue weighted by atomic mass is 79.9. The molecule has 0 spiro atoms. The molecular formula is C10H15BrO5. The SMILES string of the molecule is CC(=O)O[C@@H]1[C@@H](OC(C)=O)[C@@H](C)CO[C@H]1Br. The zero-order valence-corrected chi connectivity index (χ0v) is 11.0. The van der Waals surface area contributed by atoms with E-state index in [9.17, 15) is 9.59 Å². The molecule has 1 fully saturated rings. The Bertz CT molecular complexity index is 252. The van der Waals surface area contributed by atoms with Crippen LogP contribution in [0.15, 0.2) is 0 Å². The lowest BCUT2D eigenvalue weighted by Gasteiger charge is -2.37. The van der Waals surface area contributed by atoms with Crippen molar-refractivity contribution in [3.63, 3.8) is 0 Å². The lowest BCUT2D eigenvalue weighted by Crippen LogP contribution is -2.50. The number of carbonyl (C=O) groups excluding carboxylic acids is 2. The van der Waals surface area contributed by atoms with Gasteiger partial charge in [-0.3, -0.25) is 9.59 Å². The fraction of sp³-hybridized carbons (Fsp3) is 0.800. The summed E-state index contributed by atoms with van der Waals surface area (Å²) in [6.07, 6.45) is -1.08. The van der Waals surface area contributed by atoms with E-state index in [-0.39, 0.29) is 5.92 Å². The van der Waals surface area contributed by atoms with Gasteiger partial charge in [0.25, 0.3) is 0 Å². The highest BCUT2D eigenvalue weighted by Gasteiger charge is 2.41. The molecule has 1 aliphatic rings. The van der Waals surface area contributed by atoms with Crippen molar-refractivity contribution in [3.05, 3.63) is 0 Å². The third-order valence-corrected chi connectivity index (χ3v) is 3.05. The predicted octanol–water partition coefficient (Wildman–Crippen LogP) is 1.24. The Kier molecular flexibility index (Phi) is 4.73. The topological polar surface area (TPSA) is 61.8 Å². The molecule has 1 heterocycles. The average Bonchev–Trinajstić information content (AvgIpc) is 2.16. The van der Waals surface area contributed by atoms with Gasteiger partial charge in [-0.05, 0) is 0 Å². The minimum Gasteiger partial charge on any atom is -0.458 e. The molecule has 4 atom stereocenters. The van der Waals surface area contributed by atoms with Crippen molar-refractivity contribution >= 4 is 27.9 Å². The number of hydrogen-bond donors (Lipinski definition) is 0. The summed E-state index contributed by atoms with van der Waals surface area (Å²) in [7, 11) is 0. The largest absolute Gasteiger partial charge is 0.458 e. The molecule has 0 N–H and O–H groups in total. The van der Waals surface area contributed by atoms with Crippen LogP contribution in [-0.2, 0) is 23.8 Å². The molecule has 6 heteroatoms. The van der Waals surface area contributed by atoms with Gasteiger partial charge in [0.15, 0.2) is 11.1 Å². The predicted molar refractivity (Wildman–Crippen MR) is 58.9 cm³/mol. The first-order valence-electron chi connectivity index (χ1n) is 5.02. The molecule has 0 aromatic rings. The molecule has 0 radical (unpaired) electrons. The van der Waals surface area contributed by atoms with Gasteiger partial charge in [-0.25, -0.2) is 0 Å². The third kappa shape index (κ3) is 3.45. The van der Waals surface area contributed by atoms with Gasteiger partial charge in [-0.2, -0.15) is 0 Å². The van der Waals surface area contributed by atoms with Crippen molar-refractivity contribution in [3.8, 4) is 0 Å². The molecule has 0 unspecified atom stereocenters. The molecular weight excluding hydrogens is 280 g/mol. The minimum atomic E-state index is -0.606. The number of esters is 2. The number of halogens is 1. The Morgan fingerprint density at radius 3 is 2.19 bits per heavy atom. The van der Waals surface area contributed by atoms with E-state index in [0.717, 1.165) is 0 Å². The molecule has 16 heavy (non-hydrogen) atoms. The first-order valence-corrected chi connectivity index (χ1v) is 5.93. The summed E-state index contributed by atoms with van der Waals surface area (Å²) >= 11 is 3.25. The Morgan fingerprint density at radius 1 is 1.19 bits per heavy atom. The average molecular weight is 295 g/mol. The summed E-state index contributed by atoms with van der Waals surface area (Å²) in [5.41, 5.74) is 0.